The second-order valence-corrected chi connectivity index (χ2v) is 8.50. The number of rotatable bonds is 8. The lowest BCUT2D eigenvalue weighted by molar-refractivity contribution is -0.137. The van der Waals surface area contributed by atoms with Crippen LogP contribution in [-0.4, -0.2) is 54.7 Å². The van der Waals surface area contributed by atoms with Crippen LogP contribution >= 0.6 is 0 Å². The number of carbonyl (C=O) groups is 4. The van der Waals surface area contributed by atoms with Crippen molar-refractivity contribution < 1.29 is 29.0 Å². The lowest BCUT2D eigenvalue weighted by Crippen LogP contribution is -2.46. The Labute approximate surface area is 196 Å². The van der Waals surface area contributed by atoms with Gasteiger partial charge in [0.05, 0.1) is 12.5 Å². The fraction of sp³-hybridized carbons (Fsp3) is 0.360. The number of nitrogens with one attached hydrogen (secondary N) is 3. The van der Waals surface area contributed by atoms with Crippen molar-refractivity contribution in [3.63, 3.8) is 0 Å². The fourth-order valence-electron chi connectivity index (χ4n) is 4.77. The van der Waals surface area contributed by atoms with Crippen molar-refractivity contribution in [2.75, 3.05) is 19.7 Å². The zero-order valence-electron chi connectivity index (χ0n) is 18.6. The summed E-state index contributed by atoms with van der Waals surface area (Å²) in [5, 5.41) is 16.1. The van der Waals surface area contributed by atoms with Gasteiger partial charge in [0.1, 0.15) is 13.2 Å². The maximum Gasteiger partial charge on any atom is 0.407 e. The Balaban J connectivity index is 1.30. The van der Waals surface area contributed by atoms with Gasteiger partial charge in [-0.1, -0.05) is 55.0 Å². The third kappa shape index (κ3) is 5.19. The van der Waals surface area contributed by atoms with Crippen LogP contribution in [-0.2, 0) is 19.1 Å². The number of carboxylic acids is 1. The van der Waals surface area contributed by atoms with E-state index in [1.807, 2.05) is 36.4 Å². The van der Waals surface area contributed by atoms with Crippen LogP contribution in [0, 0.1) is 5.92 Å². The molecular formula is C25H27N3O6. The summed E-state index contributed by atoms with van der Waals surface area (Å²) in [7, 11) is 0. The van der Waals surface area contributed by atoms with Crippen LogP contribution < -0.4 is 16.0 Å². The first-order valence-corrected chi connectivity index (χ1v) is 11.3. The number of alkyl carbamates (subject to hydrolysis) is 1. The molecule has 9 nitrogen and oxygen atoms in total. The van der Waals surface area contributed by atoms with Crippen LogP contribution in [0.3, 0.4) is 0 Å². The molecule has 34 heavy (non-hydrogen) atoms. The first-order valence-electron chi connectivity index (χ1n) is 11.3. The number of carbonyl (C=O) groups excluding carboxylic acids is 3. The Kier molecular flexibility index (Phi) is 7.10. The van der Waals surface area contributed by atoms with Crippen LogP contribution in [0.15, 0.2) is 48.5 Å². The van der Waals surface area contributed by atoms with Crippen molar-refractivity contribution in [1.82, 2.24) is 16.0 Å². The quantitative estimate of drug-likeness (QED) is 0.471. The van der Waals surface area contributed by atoms with Crippen LogP contribution in [0.25, 0.3) is 11.1 Å². The minimum absolute atomic E-state index is 0.0508. The van der Waals surface area contributed by atoms with E-state index in [-0.39, 0.29) is 25.0 Å². The first kappa shape index (κ1) is 23.3. The van der Waals surface area contributed by atoms with E-state index in [2.05, 4.69) is 28.1 Å². The summed E-state index contributed by atoms with van der Waals surface area (Å²) < 4.78 is 5.58. The molecule has 0 heterocycles. The van der Waals surface area contributed by atoms with E-state index in [0.717, 1.165) is 28.7 Å². The van der Waals surface area contributed by atoms with Crippen LogP contribution in [0.4, 0.5) is 4.79 Å². The SMILES string of the molecule is O=C(O)CNC(=O)CNC(=O)[C@H]1CCC[C@H]1NC(=O)OCC1c2ccccc2-c2ccccc21. The molecule has 0 bridgehead atoms. The molecule has 2 aliphatic carbocycles. The fourth-order valence-corrected chi connectivity index (χ4v) is 4.77. The van der Waals surface area contributed by atoms with Gasteiger partial charge in [-0.2, -0.15) is 0 Å². The first-order chi connectivity index (χ1) is 16.4. The lowest BCUT2D eigenvalue weighted by atomic mass is 9.98. The maximum atomic E-state index is 12.6. The number of amides is 3. The Morgan fingerprint density at radius 3 is 2.18 bits per heavy atom. The van der Waals surface area contributed by atoms with E-state index in [0.29, 0.717) is 12.8 Å². The second-order valence-electron chi connectivity index (χ2n) is 8.50. The van der Waals surface area contributed by atoms with Crippen molar-refractivity contribution in [2.45, 2.75) is 31.2 Å². The number of fused-ring (bicyclic) bond motifs is 3. The van der Waals surface area contributed by atoms with E-state index in [9.17, 15) is 19.2 Å². The molecule has 2 aromatic rings. The van der Waals surface area contributed by atoms with Crippen LogP contribution in [0.1, 0.15) is 36.3 Å². The number of hydrogen-bond donors (Lipinski definition) is 4. The molecule has 0 saturated heterocycles. The number of aliphatic carboxylic acids is 1. The van der Waals surface area contributed by atoms with Crippen molar-refractivity contribution in [3.8, 4) is 11.1 Å². The van der Waals surface area contributed by atoms with Gasteiger partial charge < -0.3 is 25.8 Å². The highest BCUT2D eigenvalue weighted by Gasteiger charge is 2.35. The standard InChI is InChI=1S/C25H27N3O6/c29-22(26-13-23(30)31)12-27-24(32)19-10-5-11-21(19)28-25(33)34-14-20-17-8-3-1-6-15(17)16-7-2-4-9-18(16)20/h1-4,6-9,19-21H,5,10-14H2,(H,26,29)(H,27,32)(H,28,33)(H,30,31)/t19-,21+/m0/s1. The van der Waals surface area contributed by atoms with E-state index >= 15 is 0 Å². The molecule has 4 N–H and O–H groups in total. The van der Waals surface area contributed by atoms with E-state index in [4.69, 9.17) is 9.84 Å². The summed E-state index contributed by atoms with van der Waals surface area (Å²) in [5.74, 6) is -2.64. The topological polar surface area (TPSA) is 134 Å². The molecule has 2 atom stereocenters. The summed E-state index contributed by atoms with van der Waals surface area (Å²) in [5.41, 5.74) is 4.53. The average molecular weight is 466 g/mol. The minimum Gasteiger partial charge on any atom is -0.480 e. The smallest absolute Gasteiger partial charge is 0.407 e. The summed E-state index contributed by atoms with van der Waals surface area (Å²) in [4.78, 5) is 47.2. The number of ether oxygens (including phenoxy) is 1. The Morgan fingerprint density at radius 2 is 1.53 bits per heavy atom. The summed E-state index contributed by atoms with van der Waals surface area (Å²) in [6.07, 6.45) is 1.40. The molecule has 4 rings (SSSR count). The van der Waals surface area contributed by atoms with Gasteiger partial charge in [-0.25, -0.2) is 4.79 Å². The normalized spacial score (nSPS) is 18.5. The summed E-state index contributed by atoms with van der Waals surface area (Å²) in [6.45, 7) is -0.641. The molecule has 3 amide bonds. The maximum absolute atomic E-state index is 12.6. The van der Waals surface area contributed by atoms with Gasteiger partial charge in [-0.3, -0.25) is 14.4 Å². The molecule has 1 fully saturated rings. The average Bonchev–Trinajstić information content (AvgIpc) is 3.42. The van der Waals surface area contributed by atoms with Crippen LogP contribution in [0.2, 0.25) is 0 Å². The monoisotopic (exact) mass is 465 g/mol. The van der Waals surface area contributed by atoms with Gasteiger partial charge in [-0.15, -0.1) is 0 Å². The highest BCUT2D eigenvalue weighted by atomic mass is 16.5. The third-order valence-corrected chi connectivity index (χ3v) is 6.36. The van der Waals surface area contributed by atoms with Crippen molar-refractivity contribution in [1.29, 1.82) is 0 Å². The van der Waals surface area contributed by atoms with Gasteiger partial charge >= 0.3 is 12.1 Å². The van der Waals surface area contributed by atoms with Gasteiger partial charge in [0.15, 0.2) is 0 Å². The van der Waals surface area contributed by atoms with Gasteiger partial charge in [0, 0.05) is 12.0 Å². The predicted molar refractivity (Wildman–Crippen MR) is 123 cm³/mol. The molecule has 0 aliphatic heterocycles. The van der Waals surface area contributed by atoms with E-state index < -0.39 is 36.5 Å². The van der Waals surface area contributed by atoms with Gasteiger partial charge in [0.2, 0.25) is 11.8 Å². The largest absolute Gasteiger partial charge is 0.480 e. The number of benzene rings is 2. The third-order valence-electron chi connectivity index (χ3n) is 6.36. The minimum atomic E-state index is -1.16. The molecule has 0 spiro atoms. The lowest BCUT2D eigenvalue weighted by Gasteiger charge is -2.21. The highest BCUT2D eigenvalue weighted by molar-refractivity contribution is 5.88. The van der Waals surface area contributed by atoms with Crippen LogP contribution in [0.5, 0.6) is 0 Å². The number of hydrogen-bond acceptors (Lipinski definition) is 5. The van der Waals surface area contributed by atoms with Gasteiger partial charge in [0.25, 0.3) is 0 Å². The zero-order valence-corrected chi connectivity index (χ0v) is 18.6. The molecule has 178 valence electrons. The van der Waals surface area contributed by atoms with E-state index in [1.54, 1.807) is 0 Å². The van der Waals surface area contributed by atoms with Crippen molar-refractivity contribution in [3.05, 3.63) is 59.7 Å². The Hall–Kier alpha value is -3.88. The molecule has 2 aromatic carbocycles. The van der Waals surface area contributed by atoms with Crippen molar-refractivity contribution in [2.24, 2.45) is 5.92 Å². The summed E-state index contributed by atoms with van der Waals surface area (Å²) in [6, 6.07) is 15.8. The Bertz CT molecular complexity index is 1060. The van der Waals surface area contributed by atoms with E-state index in [1.165, 1.54) is 0 Å². The predicted octanol–water partition coefficient (Wildman–Crippen LogP) is 2.01. The molecule has 2 aliphatic rings. The molecule has 9 heteroatoms. The molecule has 0 radical (unpaired) electrons. The van der Waals surface area contributed by atoms with Crippen molar-refractivity contribution >= 4 is 23.9 Å². The molecule has 1 saturated carbocycles. The zero-order chi connectivity index (χ0) is 24.1. The highest BCUT2D eigenvalue weighted by Crippen LogP contribution is 2.44. The van der Waals surface area contributed by atoms with Gasteiger partial charge in [-0.05, 0) is 35.1 Å². The molecule has 0 unspecified atom stereocenters. The number of carboxylic acid groups (broad SMARTS) is 1. The Morgan fingerprint density at radius 1 is 0.882 bits per heavy atom. The molecule has 0 aromatic heterocycles. The second kappa shape index (κ2) is 10.4. The summed E-state index contributed by atoms with van der Waals surface area (Å²) >= 11 is 0. The molecular weight excluding hydrogens is 438 g/mol.